The summed E-state index contributed by atoms with van der Waals surface area (Å²) in [6.07, 6.45) is 7.11. The third kappa shape index (κ3) is 5.40. The third-order valence-corrected chi connectivity index (χ3v) is 7.15. The molecule has 0 radical (unpaired) electrons. The molecule has 4 aromatic rings. The molecule has 0 bridgehead atoms. The highest BCUT2D eigenvalue weighted by Crippen LogP contribution is 2.32. The minimum absolute atomic E-state index is 0.109. The van der Waals surface area contributed by atoms with E-state index in [4.69, 9.17) is 4.74 Å². The van der Waals surface area contributed by atoms with Gasteiger partial charge in [-0.15, -0.1) is 0 Å². The van der Waals surface area contributed by atoms with Crippen LogP contribution in [-0.4, -0.2) is 48.3 Å². The minimum atomic E-state index is -3.43. The number of nitrogens with zero attached hydrogens (tertiary/aromatic N) is 4. The first-order chi connectivity index (χ1) is 15.8. The number of aryl methyl sites for hydroxylation is 1. The second-order valence-electron chi connectivity index (χ2n) is 7.47. The first kappa shape index (κ1) is 22.9. The Hall–Kier alpha value is -3.24. The Labute approximate surface area is 196 Å². The van der Waals surface area contributed by atoms with Gasteiger partial charge in [0.25, 0.3) is 5.91 Å². The number of hydrogen-bond donors (Lipinski definition) is 0. The van der Waals surface area contributed by atoms with E-state index in [-0.39, 0.29) is 10.8 Å². The van der Waals surface area contributed by atoms with Crippen molar-refractivity contribution in [3.05, 3.63) is 66.7 Å². The second kappa shape index (κ2) is 9.72. The number of rotatable bonds is 9. The van der Waals surface area contributed by atoms with Gasteiger partial charge in [0.15, 0.2) is 15.0 Å². The fourth-order valence-electron chi connectivity index (χ4n) is 3.39. The van der Waals surface area contributed by atoms with E-state index in [9.17, 15) is 13.2 Å². The first-order valence-electron chi connectivity index (χ1n) is 10.5. The largest absolute Gasteiger partial charge is 0.494 e. The molecular formula is C23H24N4O4S2. The fourth-order valence-corrected chi connectivity index (χ4v) is 5.08. The third-order valence-electron chi connectivity index (χ3n) is 5.00. The van der Waals surface area contributed by atoms with E-state index in [0.29, 0.717) is 36.8 Å². The molecule has 2 aromatic carbocycles. The number of imidazole rings is 1. The Balaban J connectivity index is 1.67. The van der Waals surface area contributed by atoms with Gasteiger partial charge in [0.05, 0.1) is 28.0 Å². The summed E-state index contributed by atoms with van der Waals surface area (Å²) in [6.45, 7) is 3.59. The molecule has 10 heteroatoms. The average molecular weight is 485 g/mol. The van der Waals surface area contributed by atoms with Gasteiger partial charge in [-0.05, 0) is 49.7 Å². The molecule has 0 aliphatic rings. The van der Waals surface area contributed by atoms with Crippen LogP contribution in [0, 0.1) is 0 Å². The van der Waals surface area contributed by atoms with Crippen molar-refractivity contribution in [2.75, 3.05) is 24.3 Å². The van der Waals surface area contributed by atoms with E-state index in [0.717, 1.165) is 22.2 Å². The maximum atomic E-state index is 13.5. The molecule has 0 saturated heterocycles. The maximum Gasteiger partial charge on any atom is 0.260 e. The van der Waals surface area contributed by atoms with Crippen LogP contribution in [-0.2, 0) is 16.4 Å². The standard InChI is InChI=1S/C23H24N4O4S2/c1-3-31-18-8-9-20-21(15-18)32-23(25-20)27(12-5-11-26-13-10-24-16-26)22(28)17-6-4-7-19(14-17)33(2,29)30/h4,6-10,13-16H,3,5,11-12H2,1-2H3. The molecule has 0 spiro atoms. The Bertz CT molecular complexity index is 1360. The van der Waals surface area contributed by atoms with Crippen LogP contribution in [0.5, 0.6) is 5.75 Å². The molecule has 172 valence electrons. The average Bonchev–Trinajstić information content (AvgIpc) is 3.45. The lowest BCUT2D eigenvalue weighted by atomic mass is 10.2. The quantitative estimate of drug-likeness (QED) is 0.356. The highest BCUT2D eigenvalue weighted by atomic mass is 32.2. The molecule has 33 heavy (non-hydrogen) atoms. The summed E-state index contributed by atoms with van der Waals surface area (Å²) >= 11 is 1.40. The van der Waals surface area contributed by atoms with Gasteiger partial charge in [-0.2, -0.15) is 0 Å². The smallest absolute Gasteiger partial charge is 0.260 e. The van der Waals surface area contributed by atoms with Gasteiger partial charge in [0, 0.05) is 37.3 Å². The molecule has 0 unspecified atom stereocenters. The van der Waals surface area contributed by atoms with Gasteiger partial charge in [-0.1, -0.05) is 17.4 Å². The monoisotopic (exact) mass is 484 g/mol. The van der Waals surface area contributed by atoms with E-state index in [2.05, 4.69) is 9.97 Å². The summed E-state index contributed by atoms with van der Waals surface area (Å²) in [4.78, 5) is 24.0. The van der Waals surface area contributed by atoms with Gasteiger partial charge in [0.1, 0.15) is 5.75 Å². The number of thiazole rings is 1. The van der Waals surface area contributed by atoms with E-state index in [1.165, 1.54) is 23.5 Å². The molecule has 4 rings (SSSR count). The van der Waals surface area contributed by atoms with Gasteiger partial charge < -0.3 is 9.30 Å². The van der Waals surface area contributed by atoms with Crippen molar-refractivity contribution in [1.82, 2.24) is 14.5 Å². The molecule has 2 aromatic heterocycles. The number of carbonyl (C=O) groups excluding carboxylic acids is 1. The van der Waals surface area contributed by atoms with Gasteiger partial charge in [-0.3, -0.25) is 9.69 Å². The lowest BCUT2D eigenvalue weighted by Crippen LogP contribution is -2.32. The van der Waals surface area contributed by atoms with Gasteiger partial charge in [0.2, 0.25) is 0 Å². The van der Waals surface area contributed by atoms with Crippen LogP contribution < -0.4 is 9.64 Å². The van der Waals surface area contributed by atoms with Crippen LogP contribution in [0.15, 0.2) is 66.1 Å². The van der Waals surface area contributed by atoms with Crippen molar-refractivity contribution in [3.63, 3.8) is 0 Å². The summed E-state index contributed by atoms with van der Waals surface area (Å²) in [5.74, 6) is 0.453. The van der Waals surface area contributed by atoms with Crippen LogP contribution in [0.1, 0.15) is 23.7 Å². The number of hydrogen-bond acceptors (Lipinski definition) is 7. The fraction of sp³-hybridized carbons (Fsp3) is 0.261. The van der Waals surface area contributed by atoms with Crippen LogP contribution in [0.2, 0.25) is 0 Å². The van der Waals surface area contributed by atoms with Gasteiger partial charge >= 0.3 is 0 Å². The highest BCUT2D eigenvalue weighted by Gasteiger charge is 2.22. The number of carbonyl (C=O) groups is 1. The molecule has 0 aliphatic heterocycles. The molecule has 0 saturated carbocycles. The number of sulfone groups is 1. The van der Waals surface area contributed by atoms with Crippen molar-refractivity contribution in [3.8, 4) is 5.75 Å². The van der Waals surface area contributed by atoms with Crippen molar-refractivity contribution in [2.45, 2.75) is 24.8 Å². The van der Waals surface area contributed by atoms with E-state index in [1.54, 1.807) is 29.6 Å². The maximum absolute atomic E-state index is 13.5. The van der Waals surface area contributed by atoms with Gasteiger partial charge in [-0.25, -0.2) is 18.4 Å². The Morgan fingerprint density at radius 3 is 2.79 bits per heavy atom. The van der Waals surface area contributed by atoms with Crippen molar-refractivity contribution in [1.29, 1.82) is 0 Å². The number of benzene rings is 2. The van der Waals surface area contributed by atoms with Crippen LogP contribution in [0.25, 0.3) is 10.2 Å². The molecule has 2 heterocycles. The number of amides is 1. The summed E-state index contributed by atoms with van der Waals surface area (Å²) < 4.78 is 32.4. The number of fused-ring (bicyclic) bond motifs is 1. The van der Waals surface area contributed by atoms with Crippen LogP contribution in [0.4, 0.5) is 5.13 Å². The Morgan fingerprint density at radius 2 is 2.06 bits per heavy atom. The zero-order valence-corrected chi connectivity index (χ0v) is 20.0. The second-order valence-corrected chi connectivity index (χ2v) is 10.5. The Kier molecular flexibility index (Phi) is 6.75. The first-order valence-corrected chi connectivity index (χ1v) is 13.2. The van der Waals surface area contributed by atoms with E-state index < -0.39 is 9.84 Å². The summed E-state index contributed by atoms with van der Waals surface area (Å²) in [7, 11) is -3.43. The number of anilines is 1. The van der Waals surface area contributed by atoms with E-state index >= 15 is 0 Å². The predicted octanol–water partition coefficient (Wildman–Crippen LogP) is 4.03. The number of aromatic nitrogens is 3. The summed E-state index contributed by atoms with van der Waals surface area (Å²) in [5, 5.41) is 0.555. The minimum Gasteiger partial charge on any atom is -0.494 e. The number of ether oxygens (including phenoxy) is 1. The highest BCUT2D eigenvalue weighted by molar-refractivity contribution is 7.90. The lowest BCUT2D eigenvalue weighted by Gasteiger charge is -2.20. The van der Waals surface area contributed by atoms with Crippen molar-refractivity contribution >= 4 is 42.4 Å². The molecule has 8 nitrogen and oxygen atoms in total. The molecule has 0 N–H and O–H groups in total. The molecule has 1 amide bonds. The Morgan fingerprint density at radius 1 is 1.21 bits per heavy atom. The molecule has 0 aliphatic carbocycles. The predicted molar refractivity (Wildman–Crippen MR) is 129 cm³/mol. The van der Waals surface area contributed by atoms with Crippen molar-refractivity contribution in [2.24, 2.45) is 0 Å². The zero-order valence-electron chi connectivity index (χ0n) is 18.3. The zero-order chi connectivity index (χ0) is 23.4. The molecule has 0 fully saturated rings. The summed E-state index contributed by atoms with van der Waals surface area (Å²) in [6, 6.07) is 11.8. The molecule has 0 atom stereocenters. The van der Waals surface area contributed by atoms with E-state index in [1.807, 2.05) is 35.9 Å². The van der Waals surface area contributed by atoms with Crippen LogP contribution in [0.3, 0.4) is 0 Å². The lowest BCUT2D eigenvalue weighted by molar-refractivity contribution is 0.0986. The SMILES string of the molecule is CCOc1ccc2nc(N(CCCn3ccnc3)C(=O)c3cccc(S(C)(=O)=O)c3)sc2c1. The van der Waals surface area contributed by atoms with Crippen molar-refractivity contribution < 1.29 is 17.9 Å². The van der Waals surface area contributed by atoms with Crippen LogP contribution >= 0.6 is 11.3 Å². The molecular weight excluding hydrogens is 460 g/mol. The normalized spacial score (nSPS) is 11.6. The summed E-state index contributed by atoms with van der Waals surface area (Å²) in [5.41, 5.74) is 1.07. The topological polar surface area (TPSA) is 94.4 Å².